The smallest absolute Gasteiger partial charge is 0.329 e. The minimum atomic E-state index is -1.08. The van der Waals surface area contributed by atoms with Crippen molar-refractivity contribution in [2.75, 3.05) is 19.7 Å². The number of carbonyl (C=O) groups excluding carboxylic acids is 4. The summed E-state index contributed by atoms with van der Waals surface area (Å²) in [6.45, 7) is 7.95. The SMILES string of the molecule is CC(C)C[C@H](C(=O)OCC(=O)N1C[C@@H](C)O[C@@H](C)C1)N1C(=O)c2ccccc2C1=O. The van der Waals surface area contributed by atoms with Gasteiger partial charge in [-0.15, -0.1) is 0 Å². The van der Waals surface area contributed by atoms with Gasteiger partial charge in [0.15, 0.2) is 6.61 Å². The van der Waals surface area contributed by atoms with Crippen molar-refractivity contribution in [3.8, 4) is 0 Å². The van der Waals surface area contributed by atoms with E-state index in [2.05, 4.69) is 0 Å². The number of rotatable bonds is 6. The Kier molecular flexibility index (Phi) is 6.55. The van der Waals surface area contributed by atoms with E-state index in [9.17, 15) is 19.2 Å². The Morgan fingerprint density at radius 2 is 1.60 bits per heavy atom. The van der Waals surface area contributed by atoms with Gasteiger partial charge in [-0.3, -0.25) is 19.3 Å². The molecule has 3 rings (SSSR count). The molecule has 8 nitrogen and oxygen atoms in total. The van der Waals surface area contributed by atoms with Crippen LogP contribution < -0.4 is 0 Å². The molecule has 0 saturated carbocycles. The predicted octanol–water partition coefficient (Wildman–Crippen LogP) is 1.88. The number of nitrogens with zero attached hydrogens (tertiary/aromatic N) is 2. The van der Waals surface area contributed by atoms with Crippen LogP contribution in [-0.2, 0) is 19.1 Å². The van der Waals surface area contributed by atoms with Crippen LogP contribution in [0.15, 0.2) is 24.3 Å². The Morgan fingerprint density at radius 1 is 1.07 bits per heavy atom. The first-order valence-corrected chi connectivity index (χ1v) is 10.3. The van der Waals surface area contributed by atoms with Crippen molar-refractivity contribution in [3.05, 3.63) is 35.4 Å². The number of hydrogen-bond acceptors (Lipinski definition) is 6. The third-order valence-corrected chi connectivity index (χ3v) is 5.21. The molecule has 0 radical (unpaired) electrons. The molecule has 162 valence electrons. The fourth-order valence-electron chi connectivity index (χ4n) is 3.95. The van der Waals surface area contributed by atoms with Crippen LogP contribution in [0, 0.1) is 5.92 Å². The first kappa shape index (κ1) is 22.0. The Balaban J connectivity index is 1.70. The zero-order valence-corrected chi connectivity index (χ0v) is 17.8. The zero-order valence-electron chi connectivity index (χ0n) is 17.8. The van der Waals surface area contributed by atoms with Crippen LogP contribution in [0.3, 0.4) is 0 Å². The second-order valence-electron chi connectivity index (χ2n) is 8.33. The molecule has 0 bridgehead atoms. The maximum Gasteiger partial charge on any atom is 0.329 e. The molecule has 0 aliphatic carbocycles. The number of imide groups is 1. The van der Waals surface area contributed by atoms with Crippen molar-refractivity contribution in [1.29, 1.82) is 0 Å². The lowest BCUT2D eigenvalue weighted by molar-refractivity contribution is -0.159. The predicted molar refractivity (Wildman–Crippen MR) is 108 cm³/mol. The van der Waals surface area contributed by atoms with E-state index in [1.54, 1.807) is 29.2 Å². The van der Waals surface area contributed by atoms with Crippen LogP contribution in [0.5, 0.6) is 0 Å². The molecule has 2 aliphatic rings. The summed E-state index contributed by atoms with van der Waals surface area (Å²) in [7, 11) is 0. The van der Waals surface area contributed by atoms with Gasteiger partial charge >= 0.3 is 5.97 Å². The number of amides is 3. The number of morpholine rings is 1. The first-order chi connectivity index (χ1) is 14.2. The maximum absolute atomic E-state index is 12.9. The van der Waals surface area contributed by atoms with Crippen molar-refractivity contribution in [3.63, 3.8) is 0 Å². The highest BCUT2D eigenvalue weighted by atomic mass is 16.5. The normalized spacial score (nSPS) is 22.3. The summed E-state index contributed by atoms with van der Waals surface area (Å²) in [6.07, 6.45) is 0.0604. The van der Waals surface area contributed by atoms with E-state index in [1.165, 1.54) is 0 Å². The topological polar surface area (TPSA) is 93.2 Å². The van der Waals surface area contributed by atoms with Crippen molar-refractivity contribution < 1.29 is 28.7 Å². The molecule has 1 saturated heterocycles. The molecule has 1 aromatic rings. The van der Waals surface area contributed by atoms with Crippen molar-refractivity contribution in [1.82, 2.24) is 9.80 Å². The van der Waals surface area contributed by atoms with Gasteiger partial charge in [-0.05, 0) is 38.3 Å². The molecule has 0 N–H and O–H groups in total. The maximum atomic E-state index is 12.9. The highest BCUT2D eigenvalue weighted by Crippen LogP contribution is 2.27. The van der Waals surface area contributed by atoms with Gasteiger partial charge in [0, 0.05) is 13.1 Å². The standard InChI is InChI=1S/C22H28N2O6/c1-13(2)9-18(24-20(26)16-7-5-6-8-17(16)21(24)27)22(28)29-12-19(25)23-10-14(3)30-15(4)11-23/h5-8,13-15,18H,9-12H2,1-4H3/t14-,15+,18-/m1/s1. The van der Waals surface area contributed by atoms with Crippen molar-refractivity contribution in [2.24, 2.45) is 5.92 Å². The van der Waals surface area contributed by atoms with Gasteiger partial charge in [-0.2, -0.15) is 0 Å². The van der Waals surface area contributed by atoms with Gasteiger partial charge in [0.2, 0.25) is 0 Å². The fraction of sp³-hybridized carbons (Fsp3) is 0.545. The lowest BCUT2D eigenvalue weighted by Gasteiger charge is -2.35. The molecule has 0 unspecified atom stereocenters. The Hall–Kier alpha value is -2.74. The fourth-order valence-corrected chi connectivity index (χ4v) is 3.95. The van der Waals surface area contributed by atoms with Gasteiger partial charge in [0.05, 0.1) is 23.3 Å². The molecular formula is C22H28N2O6. The van der Waals surface area contributed by atoms with Crippen molar-refractivity contribution in [2.45, 2.75) is 52.4 Å². The lowest BCUT2D eigenvalue weighted by Crippen LogP contribution is -2.50. The van der Waals surface area contributed by atoms with Gasteiger partial charge in [0.1, 0.15) is 6.04 Å². The van der Waals surface area contributed by atoms with E-state index >= 15 is 0 Å². The number of ether oxygens (including phenoxy) is 2. The zero-order chi connectivity index (χ0) is 22.0. The van der Waals surface area contributed by atoms with Gasteiger partial charge in [0.25, 0.3) is 17.7 Å². The largest absolute Gasteiger partial charge is 0.454 e. The monoisotopic (exact) mass is 416 g/mol. The summed E-state index contributed by atoms with van der Waals surface area (Å²) in [5.41, 5.74) is 0.549. The molecule has 2 aliphatic heterocycles. The Bertz CT molecular complexity index is 807. The van der Waals surface area contributed by atoms with Crippen LogP contribution in [-0.4, -0.2) is 71.4 Å². The molecular weight excluding hydrogens is 388 g/mol. The van der Waals surface area contributed by atoms with E-state index in [0.717, 1.165) is 4.90 Å². The van der Waals surface area contributed by atoms with Crippen LogP contribution in [0.2, 0.25) is 0 Å². The molecule has 3 amide bonds. The third-order valence-electron chi connectivity index (χ3n) is 5.21. The van der Waals surface area contributed by atoms with Gasteiger partial charge < -0.3 is 14.4 Å². The van der Waals surface area contributed by atoms with E-state index in [0.29, 0.717) is 13.1 Å². The second-order valence-corrected chi connectivity index (χ2v) is 8.33. The summed E-state index contributed by atoms with van der Waals surface area (Å²) in [5, 5.41) is 0. The number of carbonyl (C=O) groups is 4. The molecule has 3 atom stereocenters. The average Bonchev–Trinajstić information content (AvgIpc) is 2.94. The van der Waals surface area contributed by atoms with E-state index in [-0.39, 0.29) is 41.6 Å². The summed E-state index contributed by atoms with van der Waals surface area (Å²) in [5.74, 6) is -2.07. The molecule has 1 fully saturated rings. The molecule has 0 spiro atoms. The summed E-state index contributed by atoms with van der Waals surface area (Å²) in [4.78, 5) is 53.5. The number of hydrogen-bond donors (Lipinski definition) is 0. The van der Waals surface area contributed by atoms with Crippen molar-refractivity contribution >= 4 is 23.7 Å². The summed E-state index contributed by atoms with van der Waals surface area (Å²) in [6, 6.07) is 5.40. The number of esters is 1. The van der Waals surface area contributed by atoms with Gasteiger partial charge in [-0.25, -0.2) is 4.79 Å². The molecule has 2 heterocycles. The molecule has 30 heavy (non-hydrogen) atoms. The number of fused-ring (bicyclic) bond motifs is 1. The minimum absolute atomic E-state index is 0.0310. The van der Waals surface area contributed by atoms with E-state index < -0.39 is 30.4 Å². The first-order valence-electron chi connectivity index (χ1n) is 10.3. The quantitative estimate of drug-likeness (QED) is 0.519. The van der Waals surface area contributed by atoms with Crippen LogP contribution in [0.4, 0.5) is 0 Å². The van der Waals surface area contributed by atoms with E-state index in [1.807, 2.05) is 27.7 Å². The summed E-state index contributed by atoms with van der Waals surface area (Å²) < 4.78 is 10.9. The van der Waals surface area contributed by atoms with E-state index in [4.69, 9.17) is 9.47 Å². The summed E-state index contributed by atoms with van der Waals surface area (Å²) >= 11 is 0. The second kappa shape index (κ2) is 8.95. The Labute approximate surface area is 176 Å². The minimum Gasteiger partial charge on any atom is -0.454 e. The average molecular weight is 416 g/mol. The molecule has 0 aromatic heterocycles. The highest BCUT2D eigenvalue weighted by Gasteiger charge is 2.43. The van der Waals surface area contributed by atoms with Crippen LogP contribution in [0.25, 0.3) is 0 Å². The lowest BCUT2D eigenvalue weighted by atomic mass is 10.0. The van der Waals surface area contributed by atoms with Crippen LogP contribution in [0.1, 0.15) is 54.8 Å². The van der Waals surface area contributed by atoms with Crippen LogP contribution >= 0.6 is 0 Å². The number of benzene rings is 1. The Morgan fingerprint density at radius 3 is 2.10 bits per heavy atom. The van der Waals surface area contributed by atoms with Gasteiger partial charge in [-0.1, -0.05) is 26.0 Å². The molecule has 1 aromatic carbocycles. The third kappa shape index (κ3) is 4.53. The highest BCUT2D eigenvalue weighted by molar-refractivity contribution is 6.22. The molecule has 8 heteroatoms.